The summed E-state index contributed by atoms with van der Waals surface area (Å²) < 4.78 is 10.3. The van der Waals surface area contributed by atoms with Gasteiger partial charge in [-0.05, 0) is 49.2 Å². The van der Waals surface area contributed by atoms with Gasteiger partial charge in [-0.15, -0.1) is 0 Å². The number of carbonyl (C=O) groups excluding carboxylic acids is 3. The predicted molar refractivity (Wildman–Crippen MR) is 135 cm³/mol. The van der Waals surface area contributed by atoms with Crippen molar-refractivity contribution in [2.45, 2.75) is 26.3 Å². The van der Waals surface area contributed by atoms with Crippen LogP contribution in [0.4, 0.5) is 10.5 Å². The van der Waals surface area contributed by atoms with E-state index in [1.165, 1.54) is 18.1 Å². The molecule has 1 aliphatic rings. The van der Waals surface area contributed by atoms with Crippen molar-refractivity contribution < 1.29 is 23.9 Å². The van der Waals surface area contributed by atoms with Crippen LogP contribution in [0.25, 0.3) is 0 Å². The highest BCUT2D eigenvalue weighted by molar-refractivity contribution is 6.37. The van der Waals surface area contributed by atoms with Gasteiger partial charge in [0, 0.05) is 30.1 Å². The highest BCUT2D eigenvalue weighted by Gasteiger charge is 2.36. The van der Waals surface area contributed by atoms with Gasteiger partial charge in [0.05, 0.1) is 28.8 Å². The number of esters is 1. The largest absolute Gasteiger partial charge is 0.460 e. The number of hydrogen-bond acceptors (Lipinski definition) is 5. The Labute approximate surface area is 214 Å². The van der Waals surface area contributed by atoms with Crippen LogP contribution in [0.1, 0.15) is 42.2 Å². The summed E-state index contributed by atoms with van der Waals surface area (Å²) in [5, 5.41) is 6.35. The molecule has 10 heteroatoms. The summed E-state index contributed by atoms with van der Waals surface area (Å²) in [6, 6.07) is 10.5. The molecule has 0 aliphatic carbocycles. The molecule has 2 aromatic rings. The fourth-order valence-electron chi connectivity index (χ4n) is 3.71. The number of urea groups is 1. The van der Waals surface area contributed by atoms with Gasteiger partial charge >= 0.3 is 12.0 Å². The molecule has 1 aliphatic heterocycles. The zero-order valence-corrected chi connectivity index (χ0v) is 21.2. The van der Waals surface area contributed by atoms with E-state index in [9.17, 15) is 14.4 Å². The van der Waals surface area contributed by atoms with Crippen LogP contribution in [-0.2, 0) is 14.3 Å². The lowest BCUT2D eigenvalue weighted by atomic mass is 9.94. The first kappa shape index (κ1) is 26.5. The molecule has 186 valence electrons. The third kappa shape index (κ3) is 6.33. The third-order valence-corrected chi connectivity index (χ3v) is 6.01. The average molecular weight is 520 g/mol. The fraction of sp³-hybridized carbons (Fsp3) is 0.320. The number of halogens is 2. The maximum atomic E-state index is 13.0. The highest BCUT2D eigenvalue weighted by atomic mass is 35.5. The first-order valence-corrected chi connectivity index (χ1v) is 11.8. The molecule has 0 radical (unpaired) electrons. The van der Waals surface area contributed by atoms with E-state index in [0.717, 1.165) is 6.42 Å². The number of allylic oxidation sites excluding steroid dienone is 1. The van der Waals surface area contributed by atoms with Crippen molar-refractivity contribution in [3.05, 3.63) is 74.9 Å². The summed E-state index contributed by atoms with van der Waals surface area (Å²) in [6.07, 6.45) is 0.730. The summed E-state index contributed by atoms with van der Waals surface area (Å²) in [5.74, 6) is -0.917. The number of carbonyl (C=O) groups is 3. The topological polar surface area (TPSA) is 97.0 Å². The van der Waals surface area contributed by atoms with Crippen molar-refractivity contribution in [1.82, 2.24) is 10.2 Å². The minimum Gasteiger partial charge on any atom is -0.460 e. The van der Waals surface area contributed by atoms with Gasteiger partial charge in [-0.25, -0.2) is 9.59 Å². The van der Waals surface area contributed by atoms with Crippen molar-refractivity contribution in [3.8, 4) is 0 Å². The Morgan fingerprint density at radius 2 is 1.83 bits per heavy atom. The fourth-order valence-corrected chi connectivity index (χ4v) is 4.21. The van der Waals surface area contributed by atoms with Crippen molar-refractivity contribution >= 4 is 46.8 Å². The van der Waals surface area contributed by atoms with Crippen LogP contribution in [0.15, 0.2) is 53.7 Å². The number of rotatable bonds is 9. The van der Waals surface area contributed by atoms with E-state index in [1.54, 1.807) is 43.3 Å². The van der Waals surface area contributed by atoms with Gasteiger partial charge in [0.2, 0.25) is 0 Å². The Morgan fingerprint density at radius 3 is 2.46 bits per heavy atom. The highest BCUT2D eigenvalue weighted by Crippen LogP contribution is 2.32. The molecule has 2 N–H and O–H groups in total. The first-order valence-electron chi connectivity index (χ1n) is 11.1. The van der Waals surface area contributed by atoms with E-state index < -0.39 is 17.9 Å². The number of amides is 3. The molecule has 0 saturated heterocycles. The second kappa shape index (κ2) is 12.1. The van der Waals surface area contributed by atoms with Gasteiger partial charge in [0.15, 0.2) is 0 Å². The minimum atomic E-state index is -0.707. The van der Waals surface area contributed by atoms with Gasteiger partial charge in [-0.2, -0.15) is 0 Å². The van der Waals surface area contributed by atoms with Crippen molar-refractivity contribution in [2.24, 2.45) is 0 Å². The van der Waals surface area contributed by atoms with E-state index in [-0.39, 0.29) is 29.8 Å². The number of anilines is 1. The second-order valence-corrected chi connectivity index (χ2v) is 8.71. The normalized spacial score (nSPS) is 15.6. The van der Waals surface area contributed by atoms with Crippen molar-refractivity contribution in [2.75, 3.05) is 32.2 Å². The maximum Gasteiger partial charge on any atom is 0.338 e. The smallest absolute Gasteiger partial charge is 0.338 e. The number of nitrogens with zero attached hydrogens (tertiary/aromatic N) is 1. The quantitative estimate of drug-likeness (QED) is 0.351. The summed E-state index contributed by atoms with van der Waals surface area (Å²) in [4.78, 5) is 39.9. The lowest BCUT2D eigenvalue weighted by molar-refractivity contribution is -0.140. The van der Waals surface area contributed by atoms with Crippen molar-refractivity contribution in [3.63, 3.8) is 0 Å². The number of nitrogens with one attached hydrogen (secondary N) is 2. The van der Waals surface area contributed by atoms with Gasteiger partial charge in [0.25, 0.3) is 5.91 Å². The maximum absolute atomic E-state index is 13.0. The molecule has 0 spiro atoms. The third-order valence-electron chi connectivity index (χ3n) is 5.46. The molecule has 0 aromatic heterocycles. The summed E-state index contributed by atoms with van der Waals surface area (Å²) in [7, 11) is 1.52. The number of methoxy groups -OCH3 is 1. The lowest BCUT2D eigenvalue weighted by Gasteiger charge is -2.35. The van der Waals surface area contributed by atoms with Crippen LogP contribution in [0, 0.1) is 0 Å². The minimum absolute atomic E-state index is 0.0960. The zero-order valence-electron chi connectivity index (χ0n) is 19.7. The number of ether oxygens (including phenoxy) is 2. The van der Waals surface area contributed by atoms with Crippen LogP contribution in [0.2, 0.25) is 10.0 Å². The van der Waals surface area contributed by atoms with Crippen LogP contribution in [-0.4, -0.2) is 49.7 Å². The molecule has 3 amide bonds. The SMILES string of the molecule is CCCN1C(=O)NC(c2ccc(NC(=O)c3ccc(Cl)cc3Cl)cc2)C(C(=O)OCCOC)=C1C. The van der Waals surface area contributed by atoms with Gasteiger partial charge in [-0.3, -0.25) is 9.69 Å². The standard InChI is InChI=1S/C25H27Cl2N3O5/c1-4-11-30-15(2)21(24(32)35-13-12-34-3)22(29-25(30)33)16-5-8-18(9-6-16)28-23(31)19-10-7-17(26)14-20(19)27/h5-10,14,22H,4,11-13H2,1-3H3,(H,28,31)(H,29,33). The van der Waals surface area contributed by atoms with Crippen molar-refractivity contribution in [1.29, 1.82) is 0 Å². The molecule has 1 heterocycles. The molecule has 0 fully saturated rings. The Hall–Kier alpha value is -3.07. The molecule has 3 rings (SSSR count). The van der Waals surface area contributed by atoms with E-state index in [2.05, 4.69) is 10.6 Å². The Bertz CT molecular complexity index is 1130. The zero-order chi connectivity index (χ0) is 25.5. The number of benzene rings is 2. The molecule has 2 aromatic carbocycles. The van der Waals surface area contributed by atoms with Crippen LogP contribution >= 0.6 is 23.2 Å². The first-order chi connectivity index (χ1) is 16.8. The van der Waals surface area contributed by atoms with Crippen LogP contribution in [0.3, 0.4) is 0 Å². The van der Waals surface area contributed by atoms with Gasteiger partial charge in [0.1, 0.15) is 6.61 Å². The summed E-state index contributed by atoms with van der Waals surface area (Å²) >= 11 is 12.0. The van der Waals surface area contributed by atoms with Crippen LogP contribution < -0.4 is 10.6 Å². The number of hydrogen-bond donors (Lipinski definition) is 2. The molecule has 8 nitrogen and oxygen atoms in total. The average Bonchev–Trinajstić information content (AvgIpc) is 2.82. The van der Waals surface area contributed by atoms with E-state index in [0.29, 0.717) is 34.1 Å². The Morgan fingerprint density at radius 1 is 1.11 bits per heavy atom. The monoisotopic (exact) mass is 519 g/mol. The molecule has 35 heavy (non-hydrogen) atoms. The summed E-state index contributed by atoms with van der Waals surface area (Å²) in [6.45, 7) is 4.52. The van der Waals surface area contributed by atoms with E-state index in [1.807, 2.05) is 6.92 Å². The molecule has 1 atom stereocenters. The molecule has 1 unspecified atom stereocenters. The van der Waals surface area contributed by atoms with E-state index in [4.69, 9.17) is 32.7 Å². The van der Waals surface area contributed by atoms with E-state index >= 15 is 0 Å². The second-order valence-electron chi connectivity index (χ2n) is 7.86. The molecular weight excluding hydrogens is 493 g/mol. The van der Waals surface area contributed by atoms with Crippen LogP contribution in [0.5, 0.6) is 0 Å². The summed E-state index contributed by atoms with van der Waals surface area (Å²) in [5.41, 5.74) is 2.35. The van der Waals surface area contributed by atoms with Gasteiger partial charge in [-0.1, -0.05) is 42.3 Å². The molecule has 0 saturated carbocycles. The molecular formula is C25H27Cl2N3O5. The molecule has 0 bridgehead atoms. The Balaban J connectivity index is 1.85. The Kier molecular flexibility index (Phi) is 9.14. The lowest BCUT2D eigenvalue weighted by Crippen LogP contribution is -2.48. The predicted octanol–water partition coefficient (Wildman–Crippen LogP) is 5.19. The van der Waals surface area contributed by atoms with Gasteiger partial charge < -0.3 is 20.1 Å².